The van der Waals surface area contributed by atoms with Gasteiger partial charge in [-0.25, -0.2) is 0 Å². The van der Waals surface area contributed by atoms with Crippen LogP contribution in [0.15, 0.2) is 0 Å². The maximum absolute atomic E-state index is 12.2. The van der Waals surface area contributed by atoms with Crippen LogP contribution in [0, 0.1) is 23.2 Å². The Kier molecular flexibility index (Phi) is 4.12. The minimum atomic E-state index is -0.646. The Morgan fingerprint density at radius 2 is 1.72 bits per heavy atom. The highest BCUT2D eigenvalue weighted by molar-refractivity contribution is 5.81. The number of carbonyl (C=O) groups is 1. The van der Waals surface area contributed by atoms with Gasteiger partial charge in [-0.05, 0) is 30.1 Å². The van der Waals surface area contributed by atoms with E-state index in [0.717, 1.165) is 19.3 Å². The van der Waals surface area contributed by atoms with E-state index < -0.39 is 5.54 Å². The van der Waals surface area contributed by atoms with Crippen molar-refractivity contribution < 1.29 is 9.53 Å². The molecule has 0 amide bonds. The third kappa shape index (κ3) is 3.26. The van der Waals surface area contributed by atoms with E-state index in [-0.39, 0.29) is 16.8 Å². The van der Waals surface area contributed by atoms with Crippen molar-refractivity contribution in [2.24, 2.45) is 10.8 Å². The average molecular weight is 251 g/mol. The summed E-state index contributed by atoms with van der Waals surface area (Å²) in [6, 6.07) is 0. The topological polar surface area (TPSA) is 38.3 Å². The molecule has 1 aliphatic rings. The van der Waals surface area contributed by atoms with E-state index in [1.54, 1.807) is 0 Å². The zero-order chi connectivity index (χ0) is 14.0. The Balaban J connectivity index is 3.09. The van der Waals surface area contributed by atoms with E-state index in [0.29, 0.717) is 6.54 Å². The quantitative estimate of drug-likeness (QED) is 0.618. The van der Waals surface area contributed by atoms with Gasteiger partial charge in [-0.2, -0.15) is 0 Å². The van der Waals surface area contributed by atoms with Gasteiger partial charge < -0.3 is 4.74 Å². The summed E-state index contributed by atoms with van der Waals surface area (Å²) in [5.74, 6) is 2.36. The highest BCUT2D eigenvalue weighted by Gasteiger charge is 2.52. The van der Waals surface area contributed by atoms with Crippen molar-refractivity contribution in [2.75, 3.05) is 13.7 Å². The van der Waals surface area contributed by atoms with Gasteiger partial charge in [-0.15, -0.1) is 6.42 Å². The van der Waals surface area contributed by atoms with Crippen LogP contribution in [0.5, 0.6) is 0 Å². The number of methoxy groups -OCH3 is 1. The molecule has 0 aromatic heterocycles. The molecular formula is C15H25NO2. The highest BCUT2D eigenvalue weighted by Crippen LogP contribution is 2.50. The fourth-order valence-electron chi connectivity index (χ4n) is 3.87. The van der Waals surface area contributed by atoms with Crippen LogP contribution in [-0.4, -0.2) is 25.2 Å². The van der Waals surface area contributed by atoms with E-state index in [1.807, 2.05) is 0 Å². The third-order valence-electron chi connectivity index (χ3n) is 3.62. The minimum Gasteiger partial charge on any atom is -0.468 e. The van der Waals surface area contributed by atoms with Crippen LogP contribution in [-0.2, 0) is 9.53 Å². The van der Waals surface area contributed by atoms with Crippen molar-refractivity contribution in [3.05, 3.63) is 0 Å². The summed E-state index contributed by atoms with van der Waals surface area (Å²) in [7, 11) is 1.44. The molecule has 0 aromatic carbocycles. The lowest BCUT2D eigenvalue weighted by atomic mass is 9.58. The van der Waals surface area contributed by atoms with Crippen LogP contribution < -0.4 is 5.32 Å². The van der Waals surface area contributed by atoms with Gasteiger partial charge in [0.15, 0.2) is 0 Å². The molecule has 0 aromatic rings. The Bertz CT molecular complexity index is 347. The normalized spacial score (nSPS) is 24.0. The second kappa shape index (κ2) is 4.93. The fraction of sp³-hybridized carbons (Fsp3) is 0.800. The summed E-state index contributed by atoms with van der Waals surface area (Å²) in [5, 5.41) is 3.24. The van der Waals surface area contributed by atoms with E-state index >= 15 is 0 Å². The molecule has 1 saturated carbocycles. The van der Waals surface area contributed by atoms with Crippen molar-refractivity contribution in [1.29, 1.82) is 0 Å². The van der Waals surface area contributed by atoms with Crippen LogP contribution in [0.2, 0.25) is 0 Å². The standard InChI is InChI=1S/C15H25NO2/c1-7-8-16-15(12(17)18-6)10-13(2,3)9-14(4,5)11-15/h1,16H,8-11H2,2-6H3. The zero-order valence-electron chi connectivity index (χ0n) is 12.2. The number of nitrogens with one attached hydrogen (secondary N) is 1. The molecule has 0 atom stereocenters. The van der Waals surface area contributed by atoms with E-state index in [4.69, 9.17) is 11.2 Å². The molecule has 1 aliphatic carbocycles. The molecule has 0 unspecified atom stereocenters. The number of ether oxygens (including phenoxy) is 1. The molecule has 0 heterocycles. The lowest BCUT2D eigenvalue weighted by Crippen LogP contribution is -2.60. The van der Waals surface area contributed by atoms with Crippen LogP contribution in [0.25, 0.3) is 0 Å². The molecule has 1 fully saturated rings. The van der Waals surface area contributed by atoms with Crippen molar-refractivity contribution in [2.45, 2.75) is 52.5 Å². The van der Waals surface area contributed by atoms with E-state index in [9.17, 15) is 4.79 Å². The lowest BCUT2D eigenvalue weighted by Gasteiger charge is -2.50. The SMILES string of the molecule is C#CCNC1(C(=O)OC)CC(C)(C)CC(C)(C)C1. The molecule has 0 saturated heterocycles. The average Bonchev–Trinajstić information content (AvgIpc) is 2.20. The molecule has 3 heteroatoms. The van der Waals surface area contributed by atoms with Gasteiger partial charge in [0, 0.05) is 0 Å². The van der Waals surface area contributed by atoms with Gasteiger partial charge in [0.05, 0.1) is 13.7 Å². The highest BCUT2D eigenvalue weighted by atomic mass is 16.5. The maximum Gasteiger partial charge on any atom is 0.326 e. The summed E-state index contributed by atoms with van der Waals surface area (Å²) in [5.41, 5.74) is -0.457. The molecule has 0 aliphatic heterocycles. The van der Waals surface area contributed by atoms with Gasteiger partial charge in [0.1, 0.15) is 5.54 Å². The zero-order valence-corrected chi connectivity index (χ0v) is 12.2. The molecule has 18 heavy (non-hydrogen) atoms. The van der Waals surface area contributed by atoms with Crippen molar-refractivity contribution in [1.82, 2.24) is 5.32 Å². The number of esters is 1. The Morgan fingerprint density at radius 1 is 1.22 bits per heavy atom. The van der Waals surface area contributed by atoms with E-state index in [2.05, 4.69) is 38.9 Å². The van der Waals surface area contributed by atoms with Crippen molar-refractivity contribution >= 4 is 5.97 Å². The van der Waals surface area contributed by atoms with Crippen LogP contribution >= 0.6 is 0 Å². The Hall–Kier alpha value is -1.01. The van der Waals surface area contributed by atoms with Gasteiger partial charge in [0.2, 0.25) is 0 Å². The molecule has 1 N–H and O–H groups in total. The Morgan fingerprint density at radius 3 is 2.11 bits per heavy atom. The van der Waals surface area contributed by atoms with Crippen LogP contribution in [0.1, 0.15) is 47.0 Å². The second-order valence-electron chi connectivity index (χ2n) is 6.99. The second-order valence-corrected chi connectivity index (χ2v) is 6.99. The molecule has 0 spiro atoms. The van der Waals surface area contributed by atoms with Gasteiger partial charge >= 0.3 is 5.97 Å². The maximum atomic E-state index is 12.2. The van der Waals surface area contributed by atoms with Gasteiger partial charge in [-0.1, -0.05) is 33.6 Å². The summed E-state index contributed by atoms with van der Waals surface area (Å²) >= 11 is 0. The van der Waals surface area contributed by atoms with Crippen molar-refractivity contribution in [3.63, 3.8) is 0 Å². The Labute approximate surface area is 111 Å². The molecule has 0 bridgehead atoms. The number of carbonyl (C=O) groups excluding carboxylic acids is 1. The minimum absolute atomic E-state index is 0.0948. The third-order valence-corrected chi connectivity index (χ3v) is 3.62. The smallest absolute Gasteiger partial charge is 0.326 e. The summed E-state index contributed by atoms with van der Waals surface area (Å²) in [6.07, 6.45) is 7.93. The molecule has 0 radical (unpaired) electrons. The number of hydrogen-bond donors (Lipinski definition) is 1. The summed E-state index contributed by atoms with van der Waals surface area (Å²) < 4.78 is 5.01. The molecule has 102 valence electrons. The number of rotatable bonds is 3. The van der Waals surface area contributed by atoms with E-state index in [1.165, 1.54) is 7.11 Å². The first-order chi connectivity index (χ1) is 8.16. The summed E-state index contributed by atoms with van der Waals surface area (Å²) in [4.78, 5) is 12.2. The van der Waals surface area contributed by atoms with Crippen LogP contribution in [0.4, 0.5) is 0 Å². The van der Waals surface area contributed by atoms with Crippen molar-refractivity contribution in [3.8, 4) is 12.3 Å². The first-order valence-electron chi connectivity index (χ1n) is 6.43. The summed E-state index contributed by atoms with van der Waals surface area (Å²) in [6.45, 7) is 9.18. The fourth-order valence-corrected chi connectivity index (χ4v) is 3.87. The van der Waals surface area contributed by atoms with Crippen LogP contribution in [0.3, 0.4) is 0 Å². The number of hydrogen-bond acceptors (Lipinski definition) is 3. The largest absolute Gasteiger partial charge is 0.468 e. The predicted octanol–water partition coefficient (Wildman–Crippen LogP) is 2.36. The first kappa shape index (κ1) is 15.0. The monoisotopic (exact) mass is 251 g/mol. The lowest BCUT2D eigenvalue weighted by molar-refractivity contribution is -0.155. The molecular weight excluding hydrogens is 226 g/mol. The van der Waals surface area contributed by atoms with Gasteiger partial charge in [0.25, 0.3) is 0 Å². The molecule has 3 nitrogen and oxygen atoms in total. The molecule has 1 rings (SSSR count). The number of terminal acetylenes is 1. The first-order valence-corrected chi connectivity index (χ1v) is 6.43. The predicted molar refractivity (Wildman–Crippen MR) is 73.0 cm³/mol. The van der Waals surface area contributed by atoms with Gasteiger partial charge in [-0.3, -0.25) is 10.1 Å².